The first-order valence-corrected chi connectivity index (χ1v) is 6.48. The van der Waals surface area contributed by atoms with Crippen LogP contribution in [0.1, 0.15) is 13.3 Å². The molecule has 0 saturated heterocycles. The Morgan fingerprint density at radius 3 is 2.65 bits per heavy atom. The van der Waals surface area contributed by atoms with Crippen LogP contribution in [0.2, 0.25) is 0 Å². The van der Waals surface area contributed by atoms with Gasteiger partial charge in [-0.25, -0.2) is 14.3 Å². The summed E-state index contributed by atoms with van der Waals surface area (Å²) in [4.78, 5) is 30.7. The van der Waals surface area contributed by atoms with Gasteiger partial charge in [0.05, 0.1) is 12.0 Å². The number of H-pyrrole nitrogens is 1. The number of aromatic nitrogens is 4. The van der Waals surface area contributed by atoms with Crippen LogP contribution in [0.3, 0.4) is 0 Å². The molecule has 0 atom stereocenters. The van der Waals surface area contributed by atoms with Gasteiger partial charge in [-0.3, -0.25) is 9.78 Å². The Bertz CT molecular complexity index is 858. The predicted molar refractivity (Wildman–Crippen MR) is 76.2 cm³/mol. The van der Waals surface area contributed by atoms with Gasteiger partial charge in [0.2, 0.25) is 0 Å². The topological polar surface area (TPSA) is 72.7 Å². The lowest BCUT2D eigenvalue weighted by Gasteiger charge is -2.06. The normalized spacial score (nSPS) is 11.1. The molecule has 0 fully saturated rings. The summed E-state index contributed by atoms with van der Waals surface area (Å²) in [5.74, 6) is 0. The van der Waals surface area contributed by atoms with E-state index in [0.29, 0.717) is 23.4 Å². The Kier molecular flexibility index (Phi) is 2.98. The molecule has 0 radical (unpaired) electrons. The summed E-state index contributed by atoms with van der Waals surface area (Å²) in [5.41, 5.74) is 0.618. The fraction of sp³-hybridized carbons (Fsp3) is 0.214. The lowest BCUT2D eigenvalue weighted by atomic mass is 10.3. The summed E-state index contributed by atoms with van der Waals surface area (Å²) in [7, 11) is 0. The highest BCUT2D eigenvalue weighted by Crippen LogP contribution is 2.12. The number of nitrogens with zero attached hydrogens (tertiary/aromatic N) is 3. The molecule has 0 aliphatic heterocycles. The molecule has 3 rings (SSSR count). The molecular weight excluding hydrogens is 256 g/mol. The number of nitrogens with one attached hydrogen (secondary N) is 1. The highest BCUT2D eigenvalue weighted by atomic mass is 16.2. The molecule has 3 aromatic rings. The molecule has 0 bridgehead atoms. The van der Waals surface area contributed by atoms with Crippen molar-refractivity contribution in [2.75, 3.05) is 0 Å². The van der Waals surface area contributed by atoms with Crippen LogP contribution >= 0.6 is 0 Å². The first kappa shape index (κ1) is 12.4. The Morgan fingerprint density at radius 2 is 1.95 bits per heavy atom. The van der Waals surface area contributed by atoms with E-state index >= 15 is 0 Å². The molecule has 2 heterocycles. The summed E-state index contributed by atoms with van der Waals surface area (Å²) in [6.07, 6.45) is 2.48. The smallest absolute Gasteiger partial charge is 0.325 e. The van der Waals surface area contributed by atoms with E-state index in [2.05, 4.69) is 9.97 Å². The minimum Gasteiger partial charge on any atom is -0.325 e. The van der Waals surface area contributed by atoms with Crippen molar-refractivity contribution >= 4 is 11.2 Å². The summed E-state index contributed by atoms with van der Waals surface area (Å²) in [6.45, 7) is 2.71. The van der Waals surface area contributed by atoms with Crippen molar-refractivity contribution in [3.05, 3.63) is 57.5 Å². The minimum absolute atomic E-state index is 0.387. The van der Waals surface area contributed by atoms with E-state index in [9.17, 15) is 9.59 Å². The third-order valence-corrected chi connectivity index (χ3v) is 3.15. The highest BCUT2D eigenvalue weighted by molar-refractivity contribution is 5.72. The first-order chi connectivity index (χ1) is 9.72. The van der Waals surface area contributed by atoms with Crippen LogP contribution in [-0.2, 0) is 6.54 Å². The monoisotopic (exact) mass is 270 g/mol. The summed E-state index contributed by atoms with van der Waals surface area (Å²) < 4.78 is 3.19. The van der Waals surface area contributed by atoms with E-state index in [0.717, 1.165) is 6.42 Å². The number of fused-ring (bicyclic) bond motifs is 1. The average molecular weight is 270 g/mol. The molecular formula is C14H14N4O2. The van der Waals surface area contributed by atoms with Crippen molar-refractivity contribution in [2.45, 2.75) is 19.9 Å². The van der Waals surface area contributed by atoms with Crippen molar-refractivity contribution in [1.82, 2.24) is 19.1 Å². The Labute approximate surface area is 114 Å². The van der Waals surface area contributed by atoms with Crippen LogP contribution < -0.4 is 11.2 Å². The molecule has 0 saturated carbocycles. The summed E-state index contributed by atoms with van der Waals surface area (Å²) >= 11 is 0. The molecule has 102 valence electrons. The number of benzene rings is 1. The Morgan fingerprint density at radius 1 is 1.20 bits per heavy atom. The molecule has 6 nitrogen and oxygen atoms in total. The maximum absolute atomic E-state index is 12.1. The molecule has 0 spiro atoms. The van der Waals surface area contributed by atoms with E-state index in [1.54, 1.807) is 23.0 Å². The van der Waals surface area contributed by atoms with E-state index < -0.39 is 11.2 Å². The zero-order valence-electron chi connectivity index (χ0n) is 11.0. The molecule has 0 unspecified atom stereocenters. The minimum atomic E-state index is -0.476. The number of imidazole rings is 1. The number of aryl methyl sites for hydroxylation is 1. The average Bonchev–Trinajstić information content (AvgIpc) is 2.84. The number of hydrogen-bond donors (Lipinski definition) is 1. The zero-order valence-corrected chi connectivity index (χ0v) is 11.0. The van der Waals surface area contributed by atoms with Crippen LogP contribution in [0.15, 0.2) is 46.2 Å². The van der Waals surface area contributed by atoms with Gasteiger partial charge in [-0.15, -0.1) is 0 Å². The SMILES string of the molecule is CCCn1cnc2c1c(=O)[nH]c(=O)n2-c1ccccc1. The van der Waals surface area contributed by atoms with Crippen LogP contribution in [-0.4, -0.2) is 19.1 Å². The van der Waals surface area contributed by atoms with Crippen molar-refractivity contribution in [3.63, 3.8) is 0 Å². The van der Waals surface area contributed by atoms with E-state index in [4.69, 9.17) is 0 Å². The number of rotatable bonds is 3. The maximum atomic E-state index is 12.1. The van der Waals surface area contributed by atoms with Gasteiger partial charge in [0.25, 0.3) is 5.56 Å². The molecule has 1 aromatic carbocycles. The maximum Gasteiger partial charge on any atom is 0.334 e. The van der Waals surface area contributed by atoms with Crippen molar-refractivity contribution in [2.24, 2.45) is 0 Å². The van der Waals surface area contributed by atoms with Gasteiger partial charge < -0.3 is 4.57 Å². The number of aromatic amines is 1. The van der Waals surface area contributed by atoms with Crippen LogP contribution in [0, 0.1) is 0 Å². The highest BCUT2D eigenvalue weighted by Gasteiger charge is 2.14. The zero-order chi connectivity index (χ0) is 14.1. The largest absolute Gasteiger partial charge is 0.334 e. The number of para-hydroxylation sites is 1. The van der Waals surface area contributed by atoms with Gasteiger partial charge in [0.15, 0.2) is 11.2 Å². The lowest BCUT2D eigenvalue weighted by molar-refractivity contribution is 0.694. The van der Waals surface area contributed by atoms with Gasteiger partial charge in [-0.1, -0.05) is 25.1 Å². The van der Waals surface area contributed by atoms with Crippen molar-refractivity contribution < 1.29 is 0 Å². The third kappa shape index (κ3) is 1.85. The van der Waals surface area contributed by atoms with Crippen LogP contribution in [0.5, 0.6) is 0 Å². The quantitative estimate of drug-likeness (QED) is 0.779. The second kappa shape index (κ2) is 4.80. The molecule has 2 aromatic heterocycles. The van der Waals surface area contributed by atoms with Gasteiger partial charge in [-0.2, -0.15) is 0 Å². The Balaban J connectivity index is 2.39. The van der Waals surface area contributed by atoms with Gasteiger partial charge in [0.1, 0.15) is 0 Å². The van der Waals surface area contributed by atoms with Gasteiger partial charge in [-0.05, 0) is 18.6 Å². The molecule has 0 amide bonds. The van der Waals surface area contributed by atoms with Crippen molar-refractivity contribution in [3.8, 4) is 5.69 Å². The first-order valence-electron chi connectivity index (χ1n) is 6.48. The standard InChI is InChI=1S/C14H14N4O2/c1-2-8-17-9-15-12-11(17)13(19)16-14(20)18(12)10-6-4-3-5-7-10/h3-7,9H,2,8H2,1H3,(H,16,19,20). The van der Waals surface area contributed by atoms with E-state index in [1.807, 2.05) is 25.1 Å². The fourth-order valence-electron chi connectivity index (χ4n) is 2.30. The lowest BCUT2D eigenvalue weighted by Crippen LogP contribution is -2.30. The summed E-state index contributed by atoms with van der Waals surface area (Å²) in [5, 5.41) is 0. The molecule has 0 aliphatic carbocycles. The number of hydrogen-bond acceptors (Lipinski definition) is 3. The van der Waals surface area contributed by atoms with E-state index in [-0.39, 0.29) is 0 Å². The summed E-state index contributed by atoms with van der Waals surface area (Å²) in [6, 6.07) is 9.15. The van der Waals surface area contributed by atoms with Crippen LogP contribution in [0.4, 0.5) is 0 Å². The van der Waals surface area contributed by atoms with Crippen molar-refractivity contribution in [1.29, 1.82) is 0 Å². The molecule has 20 heavy (non-hydrogen) atoms. The Hall–Kier alpha value is -2.63. The molecule has 1 N–H and O–H groups in total. The second-order valence-corrected chi connectivity index (χ2v) is 4.54. The predicted octanol–water partition coefficient (Wildman–Crippen LogP) is 1.29. The fourth-order valence-corrected chi connectivity index (χ4v) is 2.30. The molecule has 6 heteroatoms. The second-order valence-electron chi connectivity index (χ2n) is 4.54. The molecule has 0 aliphatic rings. The van der Waals surface area contributed by atoms with Gasteiger partial charge in [0, 0.05) is 6.54 Å². The third-order valence-electron chi connectivity index (χ3n) is 3.15. The van der Waals surface area contributed by atoms with Gasteiger partial charge >= 0.3 is 5.69 Å². The van der Waals surface area contributed by atoms with E-state index in [1.165, 1.54) is 4.57 Å². The van der Waals surface area contributed by atoms with Crippen LogP contribution in [0.25, 0.3) is 16.9 Å².